The molecular formula is C14H6Cl3NO3S2. The summed E-state index contributed by atoms with van der Waals surface area (Å²) in [5, 5.41) is 3.46. The smallest absolute Gasteiger partial charge is 0.290 e. The largest absolute Gasteiger partial charge is 0.426 e. The van der Waals surface area contributed by atoms with Gasteiger partial charge in [-0.2, -0.15) is 0 Å². The van der Waals surface area contributed by atoms with E-state index in [9.17, 15) is 4.79 Å². The van der Waals surface area contributed by atoms with Gasteiger partial charge in [0.15, 0.2) is 5.75 Å². The molecule has 0 bridgehead atoms. The van der Waals surface area contributed by atoms with E-state index in [-0.39, 0.29) is 11.9 Å². The zero-order valence-corrected chi connectivity index (χ0v) is 15.0. The summed E-state index contributed by atoms with van der Waals surface area (Å²) in [6.07, 6.45) is 1.57. The number of furan rings is 1. The molecule has 2 heterocycles. The number of amides is 1. The minimum Gasteiger partial charge on any atom is -0.426 e. The first-order chi connectivity index (χ1) is 10.9. The lowest BCUT2D eigenvalue weighted by molar-refractivity contribution is -0.115. The van der Waals surface area contributed by atoms with Crippen molar-refractivity contribution in [1.29, 1.82) is 0 Å². The normalized spacial score (nSPS) is 16.0. The number of hydrogen-bond acceptors (Lipinski definition) is 5. The molecule has 3 rings (SSSR count). The van der Waals surface area contributed by atoms with E-state index in [4.69, 9.17) is 56.2 Å². The van der Waals surface area contributed by atoms with Crippen LogP contribution in [0.15, 0.2) is 33.6 Å². The van der Waals surface area contributed by atoms with Crippen LogP contribution in [0.5, 0.6) is 11.7 Å². The molecule has 4 nitrogen and oxygen atoms in total. The van der Waals surface area contributed by atoms with E-state index < -0.39 is 0 Å². The summed E-state index contributed by atoms with van der Waals surface area (Å²) in [5.41, 5.74) is 0. The first-order valence-electron chi connectivity index (χ1n) is 6.09. The van der Waals surface area contributed by atoms with Gasteiger partial charge in [0, 0.05) is 18.2 Å². The number of thiocarbonyl (C=S) groups is 1. The number of ether oxygens (including phenoxy) is 1. The number of carbonyl (C=O) groups is 1. The van der Waals surface area contributed by atoms with Crippen LogP contribution in [-0.2, 0) is 4.79 Å². The molecule has 1 saturated heterocycles. The average molecular weight is 407 g/mol. The SMILES string of the molecule is O=C1NC(=S)S/C1=C\c1ccc(Oc2cc(Cl)c(Cl)cc2Cl)o1. The summed E-state index contributed by atoms with van der Waals surface area (Å²) in [7, 11) is 0. The third-order valence-corrected chi connectivity index (χ3v) is 4.88. The van der Waals surface area contributed by atoms with Crippen molar-refractivity contribution in [2.24, 2.45) is 0 Å². The highest BCUT2D eigenvalue weighted by atomic mass is 35.5. The van der Waals surface area contributed by atoms with E-state index in [0.717, 1.165) is 0 Å². The lowest BCUT2D eigenvalue weighted by atomic mass is 10.3. The van der Waals surface area contributed by atoms with Crippen molar-refractivity contribution in [1.82, 2.24) is 5.32 Å². The molecule has 0 atom stereocenters. The Hall–Kier alpha value is -1.18. The zero-order valence-electron chi connectivity index (χ0n) is 11.1. The molecule has 1 aliphatic rings. The molecule has 0 radical (unpaired) electrons. The molecule has 1 fully saturated rings. The van der Waals surface area contributed by atoms with Gasteiger partial charge in [-0.25, -0.2) is 0 Å². The number of rotatable bonds is 3. The van der Waals surface area contributed by atoms with Crippen LogP contribution in [0, 0.1) is 0 Å². The summed E-state index contributed by atoms with van der Waals surface area (Å²) >= 11 is 23.9. The quantitative estimate of drug-likeness (QED) is 0.413. The number of thioether (sulfide) groups is 1. The molecular weight excluding hydrogens is 401 g/mol. The maximum absolute atomic E-state index is 11.6. The molecule has 0 spiro atoms. The minimum absolute atomic E-state index is 0.197. The van der Waals surface area contributed by atoms with Gasteiger partial charge in [-0.05, 0) is 12.1 Å². The predicted octanol–water partition coefficient (Wildman–Crippen LogP) is 5.52. The predicted molar refractivity (Wildman–Crippen MR) is 96.6 cm³/mol. The Morgan fingerprint density at radius 1 is 1.17 bits per heavy atom. The molecule has 23 heavy (non-hydrogen) atoms. The van der Waals surface area contributed by atoms with Crippen molar-refractivity contribution in [3.63, 3.8) is 0 Å². The van der Waals surface area contributed by atoms with Gasteiger partial charge in [0.1, 0.15) is 10.1 Å². The number of benzene rings is 1. The fourth-order valence-corrected chi connectivity index (χ4v) is 3.31. The second-order valence-corrected chi connectivity index (χ2v) is 7.25. The highest BCUT2D eigenvalue weighted by molar-refractivity contribution is 8.26. The average Bonchev–Trinajstić information content (AvgIpc) is 3.03. The Kier molecular flexibility index (Phi) is 4.89. The van der Waals surface area contributed by atoms with Gasteiger partial charge in [-0.1, -0.05) is 58.8 Å². The van der Waals surface area contributed by atoms with Gasteiger partial charge >= 0.3 is 0 Å². The third-order valence-electron chi connectivity index (χ3n) is 2.70. The van der Waals surface area contributed by atoms with Crippen molar-refractivity contribution in [3.05, 3.63) is 50.0 Å². The molecule has 9 heteroatoms. The summed E-state index contributed by atoms with van der Waals surface area (Å²) in [4.78, 5) is 12.0. The molecule has 1 N–H and O–H groups in total. The molecule has 1 aliphatic heterocycles. The van der Waals surface area contributed by atoms with Crippen LogP contribution in [0.4, 0.5) is 0 Å². The minimum atomic E-state index is -0.258. The van der Waals surface area contributed by atoms with Crippen LogP contribution in [0.1, 0.15) is 5.76 Å². The first kappa shape index (κ1) is 16.7. The highest BCUT2D eigenvalue weighted by Gasteiger charge is 2.22. The van der Waals surface area contributed by atoms with Crippen LogP contribution in [0.2, 0.25) is 15.1 Å². The van der Waals surface area contributed by atoms with Gasteiger partial charge in [0.2, 0.25) is 0 Å². The Labute approximate surface area is 155 Å². The Bertz CT molecular complexity index is 848. The summed E-state index contributed by atoms with van der Waals surface area (Å²) < 4.78 is 11.4. The topological polar surface area (TPSA) is 51.5 Å². The number of carbonyl (C=O) groups excluding carboxylic acids is 1. The Balaban J connectivity index is 1.80. The Morgan fingerprint density at radius 2 is 1.91 bits per heavy atom. The van der Waals surface area contributed by atoms with Crippen LogP contribution in [-0.4, -0.2) is 10.2 Å². The van der Waals surface area contributed by atoms with E-state index in [0.29, 0.717) is 35.8 Å². The van der Waals surface area contributed by atoms with Gasteiger partial charge in [0.05, 0.1) is 20.0 Å². The van der Waals surface area contributed by atoms with Gasteiger partial charge < -0.3 is 14.5 Å². The zero-order chi connectivity index (χ0) is 16.6. The van der Waals surface area contributed by atoms with Crippen molar-refractivity contribution in [2.45, 2.75) is 0 Å². The maximum Gasteiger partial charge on any atom is 0.290 e. The standard InChI is InChI=1S/C14H6Cl3NO3S2/c15-7-4-9(17)10(5-8(7)16)21-12-2-1-6(20-12)3-11-13(19)18-14(22)23-11/h1-5H,(H,18,19,22)/b11-3-. The number of hydrogen-bond donors (Lipinski definition) is 1. The lowest BCUT2D eigenvalue weighted by Crippen LogP contribution is -2.17. The lowest BCUT2D eigenvalue weighted by Gasteiger charge is -2.06. The Morgan fingerprint density at radius 3 is 2.61 bits per heavy atom. The van der Waals surface area contributed by atoms with Crippen molar-refractivity contribution in [3.8, 4) is 11.7 Å². The van der Waals surface area contributed by atoms with Crippen LogP contribution in [0.3, 0.4) is 0 Å². The van der Waals surface area contributed by atoms with E-state index >= 15 is 0 Å². The third kappa shape index (κ3) is 3.84. The van der Waals surface area contributed by atoms with Crippen LogP contribution >= 0.6 is 58.8 Å². The monoisotopic (exact) mass is 405 g/mol. The van der Waals surface area contributed by atoms with Gasteiger partial charge in [0.25, 0.3) is 11.9 Å². The van der Waals surface area contributed by atoms with E-state index in [1.54, 1.807) is 18.2 Å². The summed E-state index contributed by atoms with van der Waals surface area (Å²) in [6.45, 7) is 0. The van der Waals surface area contributed by atoms with Crippen LogP contribution < -0.4 is 10.1 Å². The van der Waals surface area contributed by atoms with Crippen molar-refractivity contribution < 1.29 is 13.9 Å². The van der Waals surface area contributed by atoms with Gasteiger partial charge in [-0.3, -0.25) is 4.79 Å². The van der Waals surface area contributed by atoms with Crippen LogP contribution in [0.25, 0.3) is 6.08 Å². The molecule has 0 unspecified atom stereocenters. The van der Waals surface area contributed by atoms with Crippen molar-refractivity contribution in [2.75, 3.05) is 0 Å². The number of nitrogens with one attached hydrogen (secondary N) is 1. The van der Waals surface area contributed by atoms with Crippen molar-refractivity contribution >= 4 is 75.1 Å². The van der Waals surface area contributed by atoms with E-state index in [1.165, 1.54) is 23.9 Å². The second-order valence-electron chi connectivity index (χ2n) is 4.31. The summed E-state index contributed by atoms with van der Waals surface area (Å²) in [5.74, 6) is 0.692. The molecule has 1 aromatic carbocycles. The van der Waals surface area contributed by atoms with E-state index in [1.807, 2.05) is 0 Å². The van der Waals surface area contributed by atoms with E-state index in [2.05, 4.69) is 5.32 Å². The molecule has 0 aliphatic carbocycles. The van der Waals surface area contributed by atoms with Gasteiger partial charge in [-0.15, -0.1) is 0 Å². The number of halogens is 3. The summed E-state index contributed by atoms with van der Waals surface area (Å²) in [6, 6.07) is 6.22. The molecule has 0 saturated carbocycles. The fraction of sp³-hybridized carbons (Fsp3) is 0. The highest BCUT2D eigenvalue weighted by Crippen LogP contribution is 2.37. The maximum atomic E-state index is 11.6. The second kappa shape index (κ2) is 6.75. The fourth-order valence-electron chi connectivity index (χ4n) is 1.71. The molecule has 2 aromatic rings. The first-order valence-corrected chi connectivity index (χ1v) is 8.45. The molecule has 1 aromatic heterocycles. The molecule has 1 amide bonds. The molecule has 118 valence electrons.